The largest absolute Gasteiger partial charge is 0.495 e. The molecule has 0 fully saturated rings. The van der Waals surface area contributed by atoms with Crippen molar-refractivity contribution in [3.63, 3.8) is 0 Å². The van der Waals surface area contributed by atoms with Gasteiger partial charge in [-0.3, -0.25) is 0 Å². The fourth-order valence-corrected chi connectivity index (χ4v) is 6.75. The third-order valence-corrected chi connectivity index (χ3v) is 8.29. The lowest BCUT2D eigenvalue weighted by Gasteiger charge is -2.31. The topological polar surface area (TPSA) is 46.5 Å². The minimum absolute atomic E-state index is 0.250. The van der Waals surface area contributed by atoms with Gasteiger partial charge in [0.05, 0.1) is 31.1 Å². The zero-order chi connectivity index (χ0) is 23.9. The summed E-state index contributed by atoms with van der Waals surface area (Å²) in [6.45, 7) is 0.449. The van der Waals surface area contributed by atoms with Gasteiger partial charge in [0.25, 0.3) is 0 Å². The normalized spacial score (nSPS) is 16.6. The standard InChI is InChI=1S/C28H26FN3O2S/c1-34-24-13-4-3-11-22(24)30-28(33)32-17-21-20-10-2-5-14-25(20)35-27(21)31-15-7-12-23(31)26(32)18-8-6-9-19(29)16-18/h3-4,6-9,11-13,15-16,26H,2,5,10,14,17H2,1H3,(H,30,33). The van der Waals surface area contributed by atoms with Gasteiger partial charge in [0, 0.05) is 16.6 Å². The van der Waals surface area contributed by atoms with E-state index in [1.54, 1.807) is 13.2 Å². The molecular weight excluding hydrogens is 461 g/mol. The number of benzene rings is 2. The molecule has 35 heavy (non-hydrogen) atoms. The van der Waals surface area contributed by atoms with Crippen molar-refractivity contribution in [3.05, 3.63) is 99.9 Å². The van der Waals surface area contributed by atoms with E-state index in [4.69, 9.17) is 4.74 Å². The van der Waals surface area contributed by atoms with Gasteiger partial charge in [0.2, 0.25) is 0 Å². The predicted octanol–water partition coefficient (Wildman–Crippen LogP) is 6.70. The number of ether oxygens (including phenoxy) is 1. The first-order chi connectivity index (χ1) is 17.1. The Balaban J connectivity index is 1.50. The molecule has 3 heterocycles. The average Bonchev–Trinajstić information content (AvgIpc) is 3.46. The summed E-state index contributed by atoms with van der Waals surface area (Å²) in [5.74, 6) is 0.275. The molecular formula is C28H26FN3O2S. The zero-order valence-corrected chi connectivity index (χ0v) is 20.3. The molecule has 1 unspecified atom stereocenters. The molecule has 0 spiro atoms. The van der Waals surface area contributed by atoms with Gasteiger partial charge in [-0.05, 0) is 73.2 Å². The van der Waals surface area contributed by atoms with Crippen LogP contribution in [-0.4, -0.2) is 22.6 Å². The molecule has 1 N–H and O–H groups in total. The Morgan fingerprint density at radius 3 is 2.77 bits per heavy atom. The summed E-state index contributed by atoms with van der Waals surface area (Å²) in [7, 11) is 1.59. The molecule has 1 aliphatic carbocycles. The Labute approximate surface area is 207 Å². The molecule has 0 saturated carbocycles. The number of methoxy groups -OCH3 is 1. The lowest BCUT2D eigenvalue weighted by Crippen LogP contribution is -2.38. The van der Waals surface area contributed by atoms with Gasteiger partial charge >= 0.3 is 6.03 Å². The molecule has 2 aromatic heterocycles. The van der Waals surface area contributed by atoms with E-state index in [1.165, 1.54) is 39.6 Å². The smallest absolute Gasteiger partial charge is 0.323 e. The quantitative estimate of drug-likeness (QED) is 0.349. The second kappa shape index (κ2) is 8.89. The van der Waals surface area contributed by atoms with Crippen molar-refractivity contribution in [2.75, 3.05) is 12.4 Å². The Kier molecular flexibility index (Phi) is 5.57. The summed E-state index contributed by atoms with van der Waals surface area (Å²) in [5.41, 5.74) is 4.87. The molecule has 178 valence electrons. The van der Waals surface area contributed by atoms with Crippen molar-refractivity contribution in [1.29, 1.82) is 0 Å². The Bertz CT molecular complexity index is 1410. The fourth-order valence-electron chi connectivity index (χ4n) is 5.35. The van der Waals surface area contributed by atoms with Gasteiger partial charge in [0.1, 0.15) is 16.6 Å². The van der Waals surface area contributed by atoms with Gasteiger partial charge in [-0.15, -0.1) is 11.3 Å². The number of fused-ring (bicyclic) bond motifs is 5. The summed E-state index contributed by atoms with van der Waals surface area (Å²) >= 11 is 1.83. The summed E-state index contributed by atoms with van der Waals surface area (Å²) in [6, 6.07) is 17.3. The van der Waals surface area contributed by atoms with E-state index in [0.29, 0.717) is 18.0 Å². The highest BCUT2D eigenvalue weighted by Crippen LogP contribution is 2.44. The van der Waals surface area contributed by atoms with E-state index in [0.717, 1.165) is 30.5 Å². The number of thiophene rings is 1. The number of urea groups is 1. The minimum Gasteiger partial charge on any atom is -0.495 e. The van der Waals surface area contributed by atoms with Crippen LogP contribution in [-0.2, 0) is 19.4 Å². The highest BCUT2D eigenvalue weighted by molar-refractivity contribution is 7.15. The predicted molar refractivity (Wildman–Crippen MR) is 136 cm³/mol. The van der Waals surface area contributed by atoms with Crippen LogP contribution >= 0.6 is 11.3 Å². The number of nitrogens with one attached hydrogen (secondary N) is 1. The van der Waals surface area contributed by atoms with Crippen LogP contribution in [0.4, 0.5) is 14.9 Å². The molecule has 2 amide bonds. The van der Waals surface area contributed by atoms with Crippen molar-refractivity contribution >= 4 is 23.1 Å². The molecule has 4 aromatic rings. The second-order valence-corrected chi connectivity index (χ2v) is 10.1. The van der Waals surface area contributed by atoms with E-state index < -0.39 is 6.04 Å². The number of amides is 2. The van der Waals surface area contributed by atoms with E-state index in [-0.39, 0.29) is 11.8 Å². The van der Waals surface area contributed by atoms with Gasteiger partial charge in [-0.25, -0.2) is 9.18 Å². The molecule has 6 rings (SSSR count). The lowest BCUT2D eigenvalue weighted by atomic mass is 9.95. The van der Waals surface area contributed by atoms with Crippen LogP contribution in [0.3, 0.4) is 0 Å². The van der Waals surface area contributed by atoms with Crippen LogP contribution in [0.5, 0.6) is 5.75 Å². The fraction of sp³-hybridized carbons (Fsp3) is 0.250. The number of carbonyl (C=O) groups excluding carboxylic acids is 1. The number of anilines is 1. The molecule has 0 bridgehead atoms. The third-order valence-electron chi connectivity index (χ3n) is 6.95. The van der Waals surface area contributed by atoms with Gasteiger partial charge < -0.3 is 19.5 Å². The Morgan fingerprint density at radius 1 is 1.06 bits per heavy atom. The number of para-hydroxylation sites is 2. The summed E-state index contributed by atoms with van der Waals surface area (Å²) < 4.78 is 22.0. The highest BCUT2D eigenvalue weighted by atomic mass is 32.1. The van der Waals surface area contributed by atoms with Crippen molar-refractivity contribution in [2.24, 2.45) is 0 Å². The molecule has 2 aromatic carbocycles. The van der Waals surface area contributed by atoms with Crippen LogP contribution in [0, 0.1) is 5.82 Å². The number of aryl methyl sites for hydroxylation is 1. The van der Waals surface area contributed by atoms with Crippen LogP contribution in [0.25, 0.3) is 5.00 Å². The Morgan fingerprint density at radius 2 is 1.91 bits per heavy atom. The monoisotopic (exact) mass is 487 g/mol. The van der Waals surface area contributed by atoms with E-state index >= 15 is 0 Å². The molecule has 7 heteroatoms. The number of carbonyl (C=O) groups is 1. The minimum atomic E-state index is -0.450. The first kappa shape index (κ1) is 21.9. The zero-order valence-electron chi connectivity index (χ0n) is 19.5. The molecule has 0 radical (unpaired) electrons. The Hall–Kier alpha value is -3.58. The van der Waals surface area contributed by atoms with E-state index in [1.807, 2.05) is 58.7 Å². The number of hydrogen-bond acceptors (Lipinski definition) is 3. The average molecular weight is 488 g/mol. The highest BCUT2D eigenvalue weighted by Gasteiger charge is 2.36. The van der Waals surface area contributed by atoms with Crippen LogP contribution < -0.4 is 10.1 Å². The molecule has 1 aliphatic heterocycles. The van der Waals surface area contributed by atoms with Crippen molar-refractivity contribution in [3.8, 4) is 10.8 Å². The molecule has 1 atom stereocenters. The molecule has 5 nitrogen and oxygen atoms in total. The first-order valence-corrected chi connectivity index (χ1v) is 12.7. The van der Waals surface area contributed by atoms with Crippen molar-refractivity contribution in [2.45, 2.75) is 38.3 Å². The van der Waals surface area contributed by atoms with Crippen LogP contribution in [0.1, 0.15) is 46.1 Å². The lowest BCUT2D eigenvalue weighted by molar-refractivity contribution is 0.194. The summed E-state index contributed by atoms with van der Waals surface area (Å²) in [5, 5.41) is 4.23. The number of aromatic nitrogens is 1. The maximum absolute atomic E-state index is 14.4. The number of nitrogens with zero attached hydrogens (tertiary/aromatic N) is 2. The maximum atomic E-state index is 14.4. The van der Waals surface area contributed by atoms with E-state index in [9.17, 15) is 9.18 Å². The second-order valence-electron chi connectivity index (χ2n) is 9.01. The SMILES string of the molecule is COc1ccccc1NC(=O)N1Cc2c(sc3c2CCCC3)-n2cccc2C1c1cccc(F)c1. The molecule has 0 saturated heterocycles. The number of hydrogen-bond donors (Lipinski definition) is 1. The first-order valence-electron chi connectivity index (χ1n) is 11.9. The number of halogens is 1. The van der Waals surface area contributed by atoms with E-state index in [2.05, 4.69) is 16.1 Å². The van der Waals surface area contributed by atoms with Crippen molar-refractivity contribution < 1.29 is 13.9 Å². The van der Waals surface area contributed by atoms with Gasteiger partial charge in [-0.1, -0.05) is 24.3 Å². The van der Waals surface area contributed by atoms with Crippen LogP contribution in [0.2, 0.25) is 0 Å². The molecule has 2 aliphatic rings. The van der Waals surface area contributed by atoms with Gasteiger partial charge in [-0.2, -0.15) is 0 Å². The van der Waals surface area contributed by atoms with Gasteiger partial charge in [0.15, 0.2) is 0 Å². The summed E-state index contributed by atoms with van der Waals surface area (Å²) in [4.78, 5) is 17.2. The maximum Gasteiger partial charge on any atom is 0.323 e. The summed E-state index contributed by atoms with van der Waals surface area (Å²) in [6.07, 6.45) is 6.54. The third kappa shape index (κ3) is 3.80. The van der Waals surface area contributed by atoms with Crippen LogP contribution in [0.15, 0.2) is 66.9 Å². The number of rotatable bonds is 3. The van der Waals surface area contributed by atoms with Crippen molar-refractivity contribution in [1.82, 2.24) is 9.47 Å².